The number of sulfonamides is 1. The predicted octanol–water partition coefficient (Wildman–Crippen LogP) is 1.77. The smallest absolute Gasteiger partial charge is 0.224 e. The summed E-state index contributed by atoms with van der Waals surface area (Å²) in [5, 5.41) is 7.08. The maximum atomic E-state index is 11.2. The molecule has 2 heterocycles. The van der Waals surface area contributed by atoms with Crippen LogP contribution in [-0.2, 0) is 10.0 Å². The van der Waals surface area contributed by atoms with Crippen molar-refractivity contribution >= 4 is 33.5 Å². The van der Waals surface area contributed by atoms with Gasteiger partial charge in [-0.25, -0.2) is 13.6 Å². The van der Waals surface area contributed by atoms with Crippen molar-refractivity contribution in [1.29, 1.82) is 0 Å². The molecule has 0 unspecified atom stereocenters. The number of primary sulfonamides is 1. The van der Waals surface area contributed by atoms with Crippen LogP contribution in [0.3, 0.4) is 0 Å². The molecule has 3 nitrogen and oxygen atoms in total. The van der Waals surface area contributed by atoms with E-state index < -0.39 is 10.0 Å². The summed E-state index contributed by atoms with van der Waals surface area (Å²) in [5.74, 6) is 0. The van der Waals surface area contributed by atoms with E-state index in [-0.39, 0.29) is 4.58 Å². The fourth-order valence-electron chi connectivity index (χ4n) is 1.39. The molecular weight excluding hydrogens is 238 g/mol. The lowest BCUT2D eigenvalue weighted by atomic mass is 10.1. The van der Waals surface area contributed by atoms with Crippen LogP contribution in [0.2, 0.25) is 0 Å². The molecule has 0 aromatic carbocycles. The van der Waals surface area contributed by atoms with Crippen LogP contribution in [-0.4, -0.2) is 13.0 Å². The Kier molecular flexibility index (Phi) is 2.55. The van der Waals surface area contributed by atoms with Crippen molar-refractivity contribution in [2.75, 3.05) is 0 Å². The summed E-state index contributed by atoms with van der Waals surface area (Å²) < 4.78 is 22.9. The number of nitrogens with two attached hydrogens (primary N) is 1. The van der Waals surface area contributed by atoms with Crippen LogP contribution in [0.1, 0.15) is 6.92 Å². The summed E-state index contributed by atoms with van der Waals surface area (Å²) in [6.07, 6.45) is 3.87. The zero-order valence-corrected chi connectivity index (χ0v) is 9.88. The molecule has 0 aromatic rings. The molecule has 0 radical (unpaired) electrons. The number of fused-ring (bicyclic) bond motifs is 1. The summed E-state index contributed by atoms with van der Waals surface area (Å²) >= 11 is 2.93. The van der Waals surface area contributed by atoms with Crippen molar-refractivity contribution in [3.63, 3.8) is 0 Å². The molecule has 0 spiro atoms. The van der Waals surface area contributed by atoms with Gasteiger partial charge in [0.25, 0.3) is 0 Å². The van der Waals surface area contributed by atoms with Crippen LogP contribution < -0.4 is 5.14 Å². The first-order chi connectivity index (χ1) is 6.50. The Balaban J connectivity index is 2.49. The third-order valence-corrected chi connectivity index (χ3v) is 6.26. The second kappa shape index (κ2) is 3.44. The molecule has 6 heteroatoms. The molecule has 0 amide bonds. The van der Waals surface area contributed by atoms with Gasteiger partial charge in [0.2, 0.25) is 10.0 Å². The molecule has 2 aliphatic rings. The van der Waals surface area contributed by atoms with Gasteiger partial charge < -0.3 is 0 Å². The number of thioether (sulfide) groups is 2. The van der Waals surface area contributed by atoms with Crippen molar-refractivity contribution in [3.8, 4) is 0 Å². The van der Waals surface area contributed by atoms with E-state index in [4.69, 9.17) is 5.14 Å². The summed E-state index contributed by atoms with van der Waals surface area (Å²) in [7, 11) is -3.55. The highest BCUT2D eigenvalue weighted by Gasteiger charge is 2.33. The number of allylic oxidation sites excluding steroid dienone is 3. The van der Waals surface area contributed by atoms with Gasteiger partial charge >= 0.3 is 0 Å². The summed E-state index contributed by atoms with van der Waals surface area (Å²) in [6, 6.07) is 0. The standard InChI is InChI=1S/C8H9NO2S3/c1-5-6-3-2-4-12-7(6)13-8(5)14(9,10)11/h2-4,7H,1H3,(H2,9,10,11)/t7-/m0/s1. The molecule has 0 aliphatic carbocycles. The zero-order chi connectivity index (χ0) is 10.3. The first-order valence-corrected chi connectivity index (χ1v) is 7.30. The maximum absolute atomic E-state index is 11.2. The van der Waals surface area contributed by atoms with Crippen LogP contribution in [0.4, 0.5) is 0 Å². The number of rotatable bonds is 1. The Labute approximate surface area is 91.6 Å². The Morgan fingerprint density at radius 1 is 1.50 bits per heavy atom. The molecule has 0 fully saturated rings. The summed E-state index contributed by atoms with van der Waals surface area (Å²) in [6.45, 7) is 1.80. The van der Waals surface area contributed by atoms with E-state index in [0.717, 1.165) is 11.1 Å². The van der Waals surface area contributed by atoms with Gasteiger partial charge in [0.05, 0.1) is 4.58 Å². The number of hydrogen-bond acceptors (Lipinski definition) is 4. The fourth-order valence-corrected chi connectivity index (χ4v) is 5.23. The summed E-state index contributed by atoms with van der Waals surface area (Å²) in [4.78, 5) is 0. The SMILES string of the molecule is CC1=C(S(N)(=O)=O)S[C@@H]2SC=CC=C12. The van der Waals surface area contributed by atoms with Gasteiger partial charge in [-0.05, 0) is 23.5 Å². The molecule has 76 valence electrons. The molecular formula is C8H9NO2S3. The van der Waals surface area contributed by atoms with Gasteiger partial charge in [-0.3, -0.25) is 0 Å². The lowest BCUT2D eigenvalue weighted by molar-refractivity contribution is 0.605. The molecule has 2 aliphatic heterocycles. The molecule has 0 saturated heterocycles. The van der Waals surface area contributed by atoms with Gasteiger partial charge in [-0.1, -0.05) is 23.9 Å². The molecule has 2 N–H and O–H groups in total. The van der Waals surface area contributed by atoms with Crippen molar-refractivity contribution in [1.82, 2.24) is 0 Å². The van der Waals surface area contributed by atoms with Crippen LogP contribution in [0.5, 0.6) is 0 Å². The van der Waals surface area contributed by atoms with Gasteiger partial charge in [0.15, 0.2) is 0 Å². The van der Waals surface area contributed by atoms with E-state index >= 15 is 0 Å². The van der Waals surface area contributed by atoms with E-state index in [1.54, 1.807) is 18.7 Å². The minimum Gasteiger partial charge on any atom is -0.224 e. The predicted molar refractivity (Wildman–Crippen MR) is 62.0 cm³/mol. The topological polar surface area (TPSA) is 60.2 Å². The van der Waals surface area contributed by atoms with Gasteiger partial charge in [-0.2, -0.15) is 0 Å². The lowest BCUT2D eigenvalue weighted by Crippen LogP contribution is -2.12. The van der Waals surface area contributed by atoms with Gasteiger partial charge in [0, 0.05) is 0 Å². The molecule has 1 atom stereocenters. The van der Waals surface area contributed by atoms with Crippen molar-refractivity contribution in [2.24, 2.45) is 5.14 Å². The molecule has 0 bridgehead atoms. The first-order valence-electron chi connectivity index (χ1n) is 3.93. The Morgan fingerprint density at radius 3 is 2.79 bits per heavy atom. The largest absolute Gasteiger partial charge is 0.244 e. The zero-order valence-electron chi connectivity index (χ0n) is 7.43. The second-order valence-corrected chi connectivity index (χ2v) is 7.18. The minimum atomic E-state index is -3.55. The van der Waals surface area contributed by atoms with Gasteiger partial charge in [-0.15, -0.1) is 11.8 Å². The average molecular weight is 247 g/mol. The highest BCUT2D eigenvalue weighted by molar-refractivity contribution is 8.26. The van der Waals surface area contributed by atoms with E-state index in [1.807, 2.05) is 17.6 Å². The van der Waals surface area contributed by atoms with E-state index in [2.05, 4.69) is 0 Å². The highest BCUT2D eigenvalue weighted by Crippen LogP contribution is 2.49. The summed E-state index contributed by atoms with van der Waals surface area (Å²) in [5.41, 5.74) is 1.85. The van der Waals surface area contributed by atoms with Crippen LogP contribution in [0.15, 0.2) is 32.9 Å². The Hall–Kier alpha value is -0.170. The van der Waals surface area contributed by atoms with Crippen LogP contribution in [0, 0.1) is 0 Å². The first kappa shape index (κ1) is 10.4. The van der Waals surface area contributed by atoms with Gasteiger partial charge in [0.1, 0.15) is 4.24 Å². The minimum absolute atomic E-state index is 0.160. The second-order valence-electron chi connectivity index (χ2n) is 2.99. The third kappa shape index (κ3) is 1.67. The van der Waals surface area contributed by atoms with Crippen molar-refractivity contribution in [3.05, 3.63) is 32.9 Å². The quantitative estimate of drug-likeness (QED) is 0.767. The van der Waals surface area contributed by atoms with Crippen LogP contribution >= 0.6 is 23.5 Å². The monoisotopic (exact) mass is 247 g/mol. The number of hydrogen-bond donors (Lipinski definition) is 1. The van der Waals surface area contributed by atoms with E-state index in [9.17, 15) is 8.42 Å². The van der Waals surface area contributed by atoms with E-state index in [1.165, 1.54) is 11.8 Å². The van der Waals surface area contributed by atoms with E-state index in [0.29, 0.717) is 4.24 Å². The Bertz CT molecular complexity index is 459. The molecule has 14 heavy (non-hydrogen) atoms. The van der Waals surface area contributed by atoms with Crippen molar-refractivity contribution in [2.45, 2.75) is 11.5 Å². The fraction of sp³-hybridized carbons (Fsp3) is 0.250. The Morgan fingerprint density at radius 2 is 2.21 bits per heavy atom. The third-order valence-electron chi connectivity index (χ3n) is 2.02. The normalized spacial score (nSPS) is 26.4. The molecule has 0 saturated carbocycles. The molecule has 2 rings (SSSR count). The average Bonchev–Trinajstić information content (AvgIpc) is 2.44. The van der Waals surface area contributed by atoms with Crippen LogP contribution in [0.25, 0.3) is 0 Å². The highest BCUT2D eigenvalue weighted by atomic mass is 32.3. The molecule has 0 aromatic heterocycles. The van der Waals surface area contributed by atoms with Crippen molar-refractivity contribution < 1.29 is 8.42 Å². The lowest BCUT2D eigenvalue weighted by Gasteiger charge is -2.11. The maximum Gasteiger partial charge on any atom is 0.244 e.